The van der Waals surface area contributed by atoms with Crippen molar-refractivity contribution in [1.82, 2.24) is 14.7 Å². The quantitative estimate of drug-likeness (QED) is 0.727. The molecule has 25 heavy (non-hydrogen) atoms. The molecule has 1 aliphatic heterocycles. The molecule has 124 valence electrons. The summed E-state index contributed by atoms with van der Waals surface area (Å²) >= 11 is 0. The number of fused-ring (bicyclic) bond motifs is 1. The number of hydrogen-bond donors (Lipinski definition) is 2. The third-order valence-corrected chi connectivity index (χ3v) is 5.23. The summed E-state index contributed by atoms with van der Waals surface area (Å²) in [4.78, 5) is 19.5. The highest BCUT2D eigenvalue weighted by Gasteiger charge is 2.30. The fourth-order valence-corrected chi connectivity index (χ4v) is 3.84. The lowest BCUT2D eigenvalue weighted by atomic mass is 10.0. The number of phenolic OH excluding ortho intramolecular Hbond substituents is 1. The number of phenols is 1. The van der Waals surface area contributed by atoms with Gasteiger partial charge >= 0.3 is 0 Å². The van der Waals surface area contributed by atoms with Gasteiger partial charge in [-0.15, -0.1) is 0 Å². The van der Waals surface area contributed by atoms with Gasteiger partial charge in [0.05, 0.1) is 5.52 Å². The zero-order valence-electron chi connectivity index (χ0n) is 12.7. The minimum Gasteiger partial charge on any atom is -0.507 e. The first-order valence-corrected chi connectivity index (χ1v) is 8.74. The van der Waals surface area contributed by atoms with E-state index in [2.05, 4.69) is 9.97 Å². The van der Waals surface area contributed by atoms with Crippen molar-refractivity contribution in [3.8, 4) is 16.9 Å². The number of carbonyl (C=O) groups excluding carboxylic acids is 1. The summed E-state index contributed by atoms with van der Waals surface area (Å²) in [5.74, 6) is -1.00. The van der Waals surface area contributed by atoms with E-state index in [9.17, 15) is 18.3 Å². The number of carbonyl (C=O) groups is 1. The Balaban J connectivity index is 1.91. The van der Waals surface area contributed by atoms with Crippen LogP contribution in [0.3, 0.4) is 0 Å². The Hall–Kier alpha value is -3.26. The summed E-state index contributed by atoms with van der Waals surface area (Å²) in [5, 5.41) is 10.8. The molecule has 3 aromatic rings. The number of pyridine rings is 2. The minimum absolute atomic E-state index is 0.0518. The van der Waals surface area contributed by atoms with Crippen molar-refractivity contribution in [3.63, 3.8) is 0 Å². The normalized spacial score (nSPS) is 15.8. The minimum atomic E-state index is -3.97. The van der Waals surface area contributed by atoms with Crippen molar-refractivity contribution in [1.29, 1.82) is 0 Å². The molecule has 1 aliphatic rings. The van der Waals surface area contributed by atoms with E-state index in [1.807, 2.05) is 16.9 Å². The number of rotatable bonds is 2. The molecule has 1 aromatic carbocycles. The van der Waals surface area contributed by atoms with Gasteiger partial charge in [0, 0.05) is 52.8 Å². The molecule has 0 unspecified atom stereocenters. The van der Waals surface area contributed by atoms with Gasteiger partial charge in [0.25, 0.3) is 15.9 Å². The number of hydrogen-bond acceptors (Lipinski definition) is 6. The van der Waals surface area contributed by atoms with Crippen LogP contribution in [0.15, 0.2) is 55.0 Å². The lowest BCUT2D eigenvalue weighted by Crippen LogP contribution is -2.22. The first-order valence-electron chi connectivity index (χ1n) is 7.26. The lowest BCUT2D eigenvalue weighted by Gasteiger charge is -2.09. The molecular weight excluding hydrogens is 342 g/mol. The van der Waals surface area contributed by atoms with Crippen LogP contribution in [-0.2, 0) is 14.8 Å². The Morgan fingerprint density at radius 2 is 1.92 bits per heavy atom. The van der Waals surface area contributed by atoms with Crippen molar-refractivity contribution < 1.29 is 18.3 Å². The molecule has 8 heteroatoms. The van der Waals surface area contributed by atoms with E-state index in [4.69, 9.17) is 0 Å². The number of aromatic nitrogens is 2. The molecule has 0 spiro atoms. The molecule has 2 N–H and O–H groups in total. The Bertz CT molecular complexity index is 1160. The summed E-state index contributed by atoms with van der Waals surface area (Å²) in [7, 11) is -3.97. The summed E-state index contributed by atoms with van der Waals surface area (Å²) in [6.07, 6.45) is 5.95. The fraction of sp³-hybridized carbons (Fsp3) is 0. The van der Waals surface area contributed by atoms with E-state index >= 15 is 0 Å². The van der Waals surface area contributed by atoms with E-state index in [0.717, 1.165) is 17.2 Å². The second-order valence-corrected chi connectivity index (χ2v) is 7.16. The summed E-state index contributed by atoms with van der Waals surface area (Å²) < 4.78 is 25.9. The Labute approximate surface area is 142 Å². The fourth-order valence-electron chi connectivity index (χ4n) is 2.69. The van der Waals surface area contributed by atoms with Crippen LogP contribution in [-0.4, -0.2) is 29.4 Å². The standard InChI is InChI=1S/C17H11N3O4S/c21-15-6-14-11(4-12(9-19-14)10-2-1-3-18-8-10)5-13(15)16-7-17(22)20-25(16,23)24/h1-9,21H,(H,20,22). The molecule has 2 aromatic heterocycles. The lowest BCUT2D eigenvalue weighted by molar-refractivity contribution is -0.114. The average Bonchev–Trinajstić information content (AvgIpc) is 2.87. The van der Waals surface area contributed by atoms with E-state index in [1.165, 1.54) is 12.1 Å². The van der Waals surface area contributed by atoms with Crippen LogP contribution in [0, 0.1) is 0 Å². The predicted octanol–water partition coefficient (Wildman–Crippen LogP) is 1.80. The first kappa shape index (κ1) is 15.3. The van der Waals surface area contributed by atoms with Gasteiger partial charge in [-0.05, 0) is 18.2 Å². The zero-order chi connectivity index (χ0) is 17.6. The summed E-state index contributed by atoms with van der Waals surface area (Å²) in [5.41, 5.74) is 2.21. The molecule has 3 heterocycles. The molecule has 0 fully saturated rings. The molecule has 4 rings (SSSR count). The van der Waals surface area contributed by atoms with E-state index in [1.54, 1.807) is 24.7 Å². The van der Waals surface area contributed by atoms with Crippen molar-refractivity contribution in [2.75, 3.05) is 0 Å². The highest BCUT2D eigenvalue weighted by Crippen LogP contribution is 2.34. The number of nitrogens with zero attached hydrogens (tertiary/aromatic N) is 2. The van der Waals surface area contributed by atoms with Gasteiger partial charge in [0.2, 0.25) is 0 Å². The maximum atomic E-state index is 12.0. The molecule has 0 aliphatic carbocycles. The molecule has 1 amide bonds. The van der Waals surface area contributed by atoms with Crippen molar-refractivity contribution in [2.24, 2.45) is 0 Å². The van der Waals surface area contributed by atoms with Crippen LogP contribution in [0.2, 0.25) is 0 Å². The molecule has 0 radical (unpaired) electrons. The zero-order valence-corrected chi connectivity index (χ0v) is 13.5. The van der Waals surface area contributed by atoms with Gasteiger partial charge in [-0.1, -0.05) is 6.07 Å². The number of benzene rings is 1. The topological polar surface area (TPSA) is 109 Å². The number of aromatic hydroxyl groups is 1. The van der Waals surface area contributed by atoms with Crippen LogP contribution >= 0.6 is 0 Å². The Kier molecular flexibility index (Phi) is 3.29. The van der Waals surface area contributed by atoms with Crippen molar-refractivity contribution in [3.05, 3.63) is 60.6 Å². The third kappa shape index (κ3) is 2.62. The SMILES string of the molecule is O=C1C=C(c2cc3cc(-c4cccnc4)cnc3cc2O)S(=O)(=O)N1. The second kappa shape index (κ2) is 5.38. The van der Waals surface area contributed by atoms with Gasteiger partial charge in [0.1, 0.15) is 10.7 Å². The van der Waals surface area contributed by atoms with Gasteiger partial charge in [-0.3, -0.25) is 14.8 Å². The average molecular weight is 353 g/mol. The van der Waals surface area contributed by atoms with E-state index < -0.39 is 15.9 Å². The number of amides is 1. The van der Waals surface area contributed by atoms with Crippen LogP contribution in [0.25, 0.3) is 26.9 Å². The molecule has 0 saturated carbocycles. The van der Waals surface area contributed by atoms with E-state index in [0.29, 0.717) is 10.9 Å². The molecular formula is C17H11N3O4S. The van der Waals surface area contributed by atoms with Gasteiger partial charge in [-0.25, -0.2) is 13.1 Å². The molecule has 0 saturated heterocycles. The third-order valence-electron chi connectivity index (χ3n) is 3.85. The van der Waals surface area contributed by atoms with Gasteiger partial charge in [0.15, 0.2) is 0 Å². The summed E-state index contributed by atoms with van der Waals surface area (Å²) in [6, 6.07) is 8.37. The molecule has 7 nitrogen and oxygen atoms in total. The summed E-state index contributed by atoms with van der Waals surface area (Å²) in [6.45, 7) is 0. The largest absolute Gasteiger partial charge is 0.507 e. The molecule has 0 atom stereocenters. The highest BCUT2D eigenvalue weighted by atomic mass is 32.2. The number of nitrogens with one attached hydrogen (secondary N) is 1. The van der Waals surface area contributed by atoms with Crippen LogP contribution in [0.4, 0.5) is 0 Å². The predicted molar refractivity (Wildman–Crippen MR) is 91.7 cm³/mol. The van der Waals surface area contributed by atoms with Gasteiger partial charge < -0.3 is 5.11 Å². The van der Waals surface area contributed by atoms with Crippen LogP contribution in [0.5, 0.6) is 5.75 Å². The van der Waals surface area contributed by atoms with Crippen LogP contribution in [0.1, 0.15) is 5.56 Å². The van der Waals surface area contributed by atoms with Crippen molar-refractivity contribution >= 4 is 31.7 Å². The second-order valence-electron chi connectivity index (χ2n) is 5.51. The van der Waals surface area contributed by atoms with Gasteiger partial charge in [-0.2, -0.15) is 0 Å². The van der Waals surface area contributed by atoms with Crippen molar-refractivity contribution in [2.45, 2.75) is 0 Å². The number of sulfonamides is 1. The first-order chi connectivity index (χ1) is 11.9. The van der Waals surface area contributed by atoms with E-state index in [-0.39, 0.29) is 16.2 Å². The van der Waals surface area contributed by atoms with Crippen LogP contribution < -0.4 is 4.72 Å². The monoisotopic (exact) mass is 353 g/mol. The Morgan fingerprint density at radius 3 is 2.60 bits per heavy atom. The smallest absolute Gasteiger partial charge is 0.265 e. The maximum Gasteiger partial charge on any atom is 0.265 e. The molecule has 0 bridgehead atoms. The highest BCUT2D eigenvalue weighted by molar-refractivity contribution is 8.00. The maximum absolute atomic E-state index is 12.0. The Morgan fingerprint density at radius 1 is 1.08 bits per heavy atom.